The van der Waals surface area contributed by atoms with E-state index in [0.717, 1.165) is 16.5 Å². The molecule has 9 N–H and O–H groups in total. The van der Waals surface area contributed by atoms with Gasteiger partial charge in [-0.1, -0.05) is 18.2 Å². The summed E-state index contributed by atoms with van der Waals surface area (Å²) in [5.74, 6) is -3.93. The molecule has 1 aromatic heterocycles. The van der Waals surface area contributed by atoms with E-state index < -0.39 is 60.2 Å². The van der Waals surface area contributed by atoms with Crippen molar-refractivity contribution in [3.8, 4) is 0 Å². The molecule has 0 bridgehead atoms. The number of benzene rings is 1. The van der Waals surface area contributed by atoms with E-state index in [-0.39, 0.29) is 18.6 Å². The average Bonchev–Trinajstić information content (AvgIpc) is 3.27. The summed E-state index contributed by atoms with van der Waals surface area (Å²) < 4.78 is 0. The summed E-state index contributed by atoms with van der Waals surface area (Å²) >= 11 is 5.42. The van der Waals surface area contributed by atoms with Gasteiger partial charge in [-0.25, -0.2) is 4.79 Å². The highest BCUT2D eigenvalue weighted by Gasteiger charge is 2.31. The van der Waals surface area contributed by atoms with Crippen LogP contribution in [0.15, 0.2) is 30.5 Å². The number of rotatable bonds is 15. The summed E-state index contributed by atoms with van der Waals surface area (Å²) in [6.07, 6.45) is 3.10. The molecule has 0 radical (unpaired) electrons. The second-order valence-corrected chi connectivity index (χ2v) is 9.68. The summed E-state index contributed by atoms with van der Waals surface area (Å²) in [5, 5.41) is 17.6. The first-order valence-electron chi connectivity index (χ1n) is 11.4. The van der Waals surface area contributed by atoms with Gasteiger partial charge in [-0.15, -0.1) is 0 Å². The molecule has 2 rings (SSSR count). The van der Waals surface area contributed by atoms with E-state index in [1.165, 1.54) is 11.8 Å². The number of primary amides is 1. The van der Waals surface area contributed by atoms with Crippen LogP contribution in [0.5, 0.6) is 0 Å². The monoisotopic (exact) mass is 552 g/mol. The van der Waals surface area contributed by atoms with E-state index in [0.29, 0.717) is 5.75 Å². The van der Waals surface area contributed by atoms with Gasteiger partial charge >= 0.3 is 5.97 Å². The van der Waals surface area contributed by atoms with Crippen LogP contribution in [0, 0.1) is 0 Å². The summed E-state index contributed by atoms with van der Waals surface area (Å²) in [6, 6.07) is 2.54. The van der Waals surface area contributed by atoms with Gasteiger partial charge in [-0.05, 0) is 30.1 Å². The van der Waals surface area contributed by atoms with Crippen LogP contribution >= 0.6 is 24.4 Å². The van der Waals surface area contributed by atoms with Gasteiger partial charge in [0.15, 0.2) is 0 Å². The number of carboxylic acids is 1. The highest BCUT2D eigenvalue weighted by Crippen LogP contribution is 2.19. The molecule has 4 atom stereocenters. The summed E-state index contributed by atoms with van der Waals surface area (Å²) in [7, 11) is 0. The fraction of sp³-hybridized carbons (Fsp3) is 0.435. The van der Waals surface area contributed by atoms with Crippen LogP contribution in [0.1, 0.15) is 18.4 Å². The van der Waals surface area contributed by atoms with E-state index in [1.807, 2.05) is 24.3 Å². The Labute approximate surface area is 223 Å². The molecule has 0 spiro atoms. The van der Waals surface area contributed by atoms with Gasteiger partial charge < -0.3 is 37.5 Å². The number of aliphatic carboxylic acids is 1. The number of aromatic amines is 1. The van der Waals surface area contributed by atoms with E-state index in [1.54, 1.807) is 12.5 Å². The standard InChI is InChI=1S/C23H32N6O6S2/c1-37-7-6-16(23(34)35)27-22(33)18(9-19(25)30)29-21(32)17(28-20(31)14(24)11-36)8-12-10-26-15-5-3-2-4-13(12)15/h2-5,10,14,16-18,26,36H,6-9,11,24H2,1H3,(H2,25,30)(H,27,33)(H,28,31)(H,29,32)(H,34,35). The number of thiol groups is 1. The minimum Gasteiger partial charge on any atom is -0.480 e. The van der Waals surface area contributed by atoms with Crippen LogP contribution in [0.4, 0.5) is 0 Å². The normalized spacial score (nSPS) is 14.2. The minimum atomic E-state index is -1.46. The molecule has 4 amide bonds. The lowest BCUT2D eigenvalue weighted by atomic mass is 10.0. The molecule has 0 aliphatic carbocycles. The van der Waals surface area contributed by atoms with Gasteiger partial charge in [-0.2, -0.15) is 24.4 Å². The lowest BCUT2D eigenvalue weighted by Gasteiger charge is -2.24. The molecule has 0 aliphatic heterocycles. The average molecular weight is 553 g/mol. The van der Waals surface area contributed by atoms with Crippen molar-refractivity contribution in [3.63, 3.8) is 0 Å². The zero-order valence-corrected chi connectivity index (χ0v) is 21.9. The Morgan fingerprint density at radius 3 is 2.27 bits per heavy atom. The molecule has 14 heteroatoms. The number of para-hydroxylation sites is 1. The van der Waals surface area contributed by atoms with Crippen molar-refractivity contribution < 1.29 is 29.1 Å². The Bertz CT molecular complexity index is 1130. The van der Waals surface area contributed by atoms with Gasteiger partial charge in [0.05, 0.1) is 12.5 Å². The third-order valence-corrected chi connectivity index (χ3v) is 6.57. The van der Waals surface area contributed by atoms with Crippen molar-refractivity contribution in [2.24, 2.45) is 11.5 Å². The van der Waals surface area contributed by atoms with Crippen LogP contribution in [0.2, 0.25) is 0 Å². The van der Waals surface area contributed by atoms with Gasteiger partial charge in [0, 0.05) is 29.3 Å². The van der Waals surface area contributed by atoms with Crippen molar-refractivity contribution in [1.29, 1.82) is 0 Å². The molecule has 202 valence electrons. The van der Waals surface area contributed by atoms with Crippen LogP contribution in [0.3, 0.4) is 0 Å². The number of thioether (sulfide) groups is 1. The van der Waals surface area contributed by atoms with Crippen molar-refractivity contribution in [2.45, 2.75) is 43.4 Å². The lowest BCUT2D eigenvalue weighted by Crippen LogP contribution is -2.58. The van der Waals surface area contributed by atoms with Gasteiger partial charge in [0.2, 0.25) is 23.6 Å². The Balaban J connectivity index is 2.27. The van der Waals surface area contributed by atoms with Gasteiger partial charge in [-0.3, -0.25) is 19.2 Å². The number of fused-ring (bicyclic) bond motifs is 1. The first-order valence-corrected chi connectivity index (χ1v) is 13.4. The Hall–Kier alpha value is -3.23. The maximum absolute atomic E-state index is 13.3. The highest BCUT2D eigenvalue weighted by molar-refractivity contribution is 7.98. The van der Waals surface area contributed by atoms with Crippen molar-refractivity contribution in [2.75, 3.05) is 17.8 Å². The number of H-pyrrole nitrogens is 1. The first-order chi connectivity index (χ1) is 17.6. The minimum absolute atomic E-state index is 0.0343. The second kappa shape index (κ2) is 14.5. The number of carbonyl (C=O) groups is 5. The zero-order chi connectivity index (χ0) is 27.5. The van der Waals surface area contributed by atoms with Gasteiger partial charge in [0.1, 0.15) is 18.1 Å². The molecule has 0 fully saturated rings. The number of hydrogen-bond donors (Lipinski definition) is 8. The highest BCUT2D eigenvalue weighted by atomic mass is 32.2. The molecule has 2 aromatic rings. The van der Waals surface area contributed by atoms with Crippen molar-refractivity contribution in [1.82, 2.24) is 20.9 Å². The third-order valence-electron chi connectivity index (χ3n) is 5.53. The predicted octanol–water partition coefficient (Wildman–Crippen LogP) is -0.865. The number of aromatic nitrogens is 1. The SMILES string of the molecule is CSCCC(NC(=O)C(CC(N)=O)NC(=O)C(Cc1c[nH]c2ccccc12)NC(=O)C(N)CS)C(=O)O. The Morgan fingerprint density at radius 2 is 1.65 bits per heavy atom. The molecule has 0 aliphatic rings. The smallest absolute Gasteiger partial charge is 0.326 e. The van der Waals surface area contributed by atoms with Crippen LogP contribution < -0.4 is 27.4 Å². The molecule has 37 heavy (non-hydrogen) atoms. The fourth-order valence-electron chi connectivity index (χ4n) is 3.54. The van der Waals surface area contributed by atoms with Crippen molar-refractivity contribution in [3.05, 3.63) is 36.0 Å². The molecule has 4 unspecified atom stereocenters. The molecule has 0 saturated heterocycles. The topological polar surface area (TPSA) is 209 Å². The maximum atomic E-state index is 13.3. The van der Waals surface area contributed by atoms with E-state index >= 15 is 0 Å². The lowest BCUT2D eigenvalue weighted by molar-refractivity contribution is -0.142. The maximum Gasteiger partial charge on any atom is 0.326 e. The number of nitrogens with two attached hydrogens (primary N) is 2. The Kier molecular flexibility index (Phi) is 11.8. The number of hydrogen-bond acceptors (Lipinski definition) is 8. The van der Waals surface area contributed by atoms with Crippen LogP contribution in [0.25, 0.3) is 10.9 Å². The van der Waals surface area contributed by atoms with Crippen molar-refractivity contribution >= 4 is 64.9 Å². The van der Waals surface area contributed by atoms with Crippen LogP contribution in [-0.2, 0) is 30.4 Å². The molecule has 1 heterocycles. The summed E-state index contributed by atoms with van der Waals surface area (Å²) in [5.41, 5.74) is 12.6. The predicted molar refractivity (Wildman–Crippen MR) is 144 cm³/mol. The molecule has 12 nitrogen and oxygen atoms in total. The quantitative estimate of drug-likeness (QED) is 0.130. The number of nitrogens with one attached hydrogen (secondary N) is 4. The van der Waals surface area contributed by atoms with E-state index in [4.69, 9.17) is 11.5 Å². The molecular formula is C23H32N6O6S2. The fourth-order valence-corrected chi connectivity index (χ4v) is 4.18. The third kappa shape index (κ3) is 8.98. The second-order valence-electron chi connectivity index (χ2n) is 8.33. The van der Waals surface area contributed by atoms with E-state index in [9.17, 15) is 29.1 Å². The van der Waals surface area contributed by atoms with E-state index in [2.05, 4.69) is 33.6 Å². The molecule has 0 saturated carbocycles. The number of carboxylic acid groups (broad SMARTS) is 1. The van der Waals surface area contributed by atoms with Crippen LogP contribution in [-0.4, -0.2) is 81.6 Å². The zero-order valence-electron chi connectivity index (χ0n) is 20.2. The number of carbonyl (C=O) groups excluding carboxylic acids is 4. The first kappa shape index (κ1) is 30.0. The molecular weight excluding hydrogens is 520 g/mol. The largest absolute Gasteiger partial charge is 0.480 e. The summed E-state index contributed by atoms with van der Waals surface area (Å²) in [4.78, 5) is 64.9. The summed E-state index contributed by atoms with van der Waals surface area (Å²) in [6.45, 7) is 0. The Morgan fingerprint density at radius 1 is 1.03 bits per heavy atom. The molecule has 1 aromatic carbocycles. The number of amides is 4. The van der Waals surface area contributed by atoms with Gasteiger partial charge in [0.25, 0.3) is 0 Å².